The third kappa shape index (κ3) is 1.89. The molecule has 19 heavy (non-hydrogen) atoms. The molecule has 1 heterocycles. The fourth-order valence-electron chi connectivity index (χ4n) is 3.00. The number of hydrogen-bond acceptors (Lipinski definition) is 2. The lowest BCUT2D eigenvalue weighted by molar-refractivity contribution is -0.127. The van der Waals surface area contributed by atoms with Gasteiger partial charge < -0.3 is 5.32 Å². The zero-order chi connectivity index (χ0) is 13.5. The van der Waals surface area contributed by atoms with Crippen LogP contribution in [0, 0.1) is 11.2 Å². The number of anilines is 1. The van der Waals surface area contributed by atoms with Crippen LogP contribution >= 0.6 is 0 Å². The van der Waals surface area contributed by atoms with Gasteiger partial charge in [0.15, 0.2) is 0 Å². The standard InChI is InChI=1S/C14H15FN2O2/c15-10-3-5-11(6-4-10)17-12(18)14(7-1-2-8-14)9-16-13(17)19/h3-6H,1-2,7-9H2,(H,16,19). The van der Waals surface area contributed by atoms with E-state index in [1.807, 2.05) is 0 Å². The third-order valence-electron chi connectivity index (χ3n) is 4.08. The molecule has 2 aliphatic rings. The SMILES string of the molecule is O=C1NCC2(CCCC2)C(=O)N1c1ccc(F)cc1. The van der Waals surface area contributed by atoms with E-state index >= 15 is 0 Å². The Hall–Kier alpha value is -1.91. The number of benzene rings is 1. The average Bonchev–Trinajstić information content (AvgIpc) is 2.87. The summed E-state index contributed by atoms with van der Waals surface area (Å²) in [5.74, 6) is -0.537. The van der Waals surface area contributed by atoms with E-state index in [2.05, 4.69) is 5.32 Å². The summed E-state index contributed by atoms with van der Waals surface area (Å²) < 4.78 is 12.9. The number of nitrogens with one attached hydrogen (secondary N) is 1. The Bertz CT molecular complexity index is 521. The predicted molar refractivity (Wildman–Crippen MR) is 68.2 cm³/mol. The maximum absolute atomic E-state index is 12.9. The van der Waals surface area contributed by atoms with E-state index in [-0.39, 0.29) is 11.7 Å². The first-order valence-electron chi connectivity index (χ1n) is 6.50. The van der Waals surface area contributed by atoms with E-state index < -0.39 is 11.4 Å². The molecule has 0 aromatic heterocycles. The highest BCUT2D eigenvalue weighted by Crippen LogP contribution is 2.41. The van der Waals surface area contributed by atoms with E-state index in [4.69, 9.17) is 0 Å². The number of amides is 3. The van der Waals surface area contributed by atoms with Crippen LogP contribution in [-0.2, 0) is 4.79 Å². The zero-order valence-corrected chi connectivity index (χ0v) is 10.5. The number of imide groups is 1. The number of carbonyl (C=O) groups is 2. The maximum Gasteiger partial charge on any atom is 0.328 e. The molecule has 1 N–H and O–H groups in total. The largest absolute Gasteiger partial charge is 0.336 e. The molecule has 3 amide bonds. The monoisotopic (exact) mass is 262 g/mol. The highest BCUT2D eigenvalue weighted by molar-refractivity contribution is 6.18. The number of carbonyl (C=O) groups excluding carboxylic acids is 2. The van der Waals surface area contributed by atoms with E-state index in [0.29, 0.717) is 12.2 Å². The minimum atomic E-state index is -0.456. The second-order valence-electron chi connectivity index (χ2n) is 5.26. The second-order valence-corrected chi connectivity index (χ2v) is 5.26. The average molecular weight is 262 g/mol. The lowest BCUT2D eigenvalue weighted by Crippen LogP contribution is -2.60. The van der Waals surface area contributed by atoms with Gasteiger partial charge >= 0.3 is 6.03 Å². The van der Waals surface area contributed by atoms with Crippen LogP contribution in [0.25, 0.3) is 0 Å². The smallest absolute Gasteiger partial charge is 0.328 e. The fraction of sp³-hybridized carbons (Fsp3) is 0.429. The number of halogens is 1. The van der Waals surface area contributed by atoms with Gasteiger partial charge in [-0.25, -0.2) is 14.1 Å². The summed E-state index contributed by atoms with van der Waals surface area (Å²) in [6.45, 7) is 0.419. The van der Waals surface area contributed by atoms with Crippen molar-refractivity contribution in [2.45, 2.75) is 25.7 Å². The van der Waals surface area contributed by atoms with Crippen LogP contribution in [0.4, 0.5) is 14.9 Å². The molecule has 1 saturated heterocycles. The van der Waals surface area contributed by atoms with Gasteiger partial charge in [-0.05, 0) is 37.1 Å². The molecule has 0 bridgehead atoms. The maximum atomic E-state index is 12.9. The van der Waals surface area contributed by atoms with Gasteiger partial charge in [0.1, 0.15) is 5.82 Å². The minimum absolute atomic E-state index is 0.152. The topological polar surface area (TPSA) is 49.4 Å². The van der Waals surface area contributed by atoms with Crippen molar-refractivity contribution in [2.75, 3.05) is 11.4 Å². The van der Waals surface area contributed by atoms with Crippen molar-refractivity contribution in [3.63, 3.8) is 0 Å². The van der Waals surface area contributed by atoms with Crippen molar-refractivity contribution < 1.29 is 14.0 Å². The molecule has 5 heteroatoms. The second kappa shape index (κ2) is 4.33. The molecule has 0 atom stereocenters. The van der Waals surface area contributed by atoms with Crippen molar-refractivity contribution in [2.24, 2.45) is 5.41 Å². The van der Waals surface area contributed by atoms with E-state index in [1.165, 1.54) is 24.3 Å². The van der Waals surface area contributed by atoms with Crippen molar-refractivity contribution in [3.05, 3.63) is 30.1 Å². The summed E-state index contributed by atoms with van der Waals surface area (Å²) in [4.78, 5) is 25.7. The van der Waals surface area contributed by atoms with Crippen LogP contribution < -0.4 is 10.2 Å². The Labute approximate surface area is 110 Å². The van der Waals surface area contributed by atoms with Crippen LogP contribution in [-0.4, -0.2) is 18.5 Å². The predicted octanol–water partition coefficient (Wildman–Crippen LogP) is 2.44. The molecular weight excluding hydrogens is 247 g/mol. The van der Waals surface area contributed by atoms with Crippen molar-refractivity contribution in [1.82, 2.24) is 5.32 Å². The van der Waals surface area contributed by atoms with Gasteiger partial charge in [-0.3, -0.25) is 4.79 Å². The van der Waals surface area contributed by atoms with Crippen LogP contribution in [0.15, 0.2) is 24.3 Å². The molecule has 1 saturated carbocycles. The Morgan fingerprint density at radius 1 is 1.11 bits per heavy atom. The number of nitrogens with zero attached hydrogens (tertiary/aromatic N) is 1. The molecule has 0 unspecified atom stereocenters. The summed E-state index contributed by atoms with van der Waals surface area (Å²) in [5.41, 5.74) is -0.0302. The minimum Gasteiger partial charge on any atom is -0.336 e. The van der Waals surface area contributed by atoms with Gasteiger partial charge in [-0.15, -0.1) is 0 Å². The Kier molecular flexibility index (Phi) is 2.77. The van der Waals surface area contributed by atoms with Crippen LogP contribution in [0.5, 0.6) is 0 Å². The van der Waals surface area contributed by atoms with Crippen molar-refractivity contribution in [3.8, 4) is 0 Å². The zero-order valence-electron chi connectivity index (χ0n) is 10.5. The summed E-state index contributed by atoms with van der Waals surface area (Å²) in [6, 6.07) is 5.01. The lowest BCUT2D eigenvalue weighted by atomic mass is 9.83. The fourth-order valence-corrected chi connectivity index (χ4v) is 3.00. The molecule has 0 radical (unpaired) electrons. The first-order valence-corrected chi connectivity index (χ1v) is 6.50. The quantitative estimate of drug-likeness (QED) is 0.845. The van der Waals surface area contributed by atoms with Gasteiger partial charge in [0.05, 0.1) is 11.1 Å². The van der Waals surface area contributed by atoms with Crippen LogP contribution in [0.2, 0.25) is 0 Å². The van der Waals surface area contributed by atoms with E-state index in [9.17, 15) is 14.0 Å². The molecule has 3 rings (SSSR count). The van der Waals surface area contributed by atoms with Crippen LogP contribution in [0.3, 0.4) is 0 Å². The summed E-state index contributed by atoms with van der Waals surface area (Å²) in [6.07, 6.45) is 3.64. The van der Waals surface area contributed by atoms with E-state index in [1.54, 1.807) is 0 Å². The lowest BCUT2D eigenvalue weighted by Gasteiger charge is -2.38. The molecule has 1 aliphatic carbocycles. The molecule has 100 valence electrons. The molecule has 4 nitrogen and oxygen atoms in total. The normalized spacial score (nSPS) is 21.8. The van der Waals surface area contributed by atoms with Crippen molar-refractivity contribution >= 4 is 17.6 Å². The Morgan fingerprint density at radius 3 is 2.37 bits per heavy atom. The Morgan fingerprint density at radius 2 is 1.74 bits per heavy atom. The summed E-state index contributed by atoms with van der Waals surface area (Å²) in [5, 5.41) is 2.78. The highest BCUT2D eigenvalue weighted by atomic mass is 19.1. The highest BCUT2D eigenvalue weighted by Gasteiger charge is 2.49. The molecule has 1 aliphatic heterocycles. The van der Waals surface area contributed by atoms with Gasteiger partial charge in [0, 0.05) is 6.54 Å². The van der Waals surface area contributed by atoms with E-state index in [0.717, 1.165) is 30.6 Å². The van der Waals surface area contributed by atoms with Gasteiger partial charge in [-0.2, -0.15) is 0 Å². The first kappa shape index (κ1) is 12.1. The summed E-state index contributed by atoms with van der Waals surface area (Å²) >= 11 is 0. The molecule has 2 fully saturated rings. The number of urea groups is 1. The molecular formula is C14H15FN2O2. The number of rotatable bonds is 1. The van der Waals surface area contributed by atoms with Gasteiger partial charge in [0.25, 0.3) is 0 Å². The van der Waals surface area contributed by atoms with Crippen molar-refractivity contribution in [1.29, 1.82) is 0 Å². The van der Waals surface area contributed by atoms with Gasteiger partial charge in [0.2, 0.25) is 5.91 Å². The molecule has 1 aromatic carbocycles. The number of hydrogen-bond donors (Lipinski definition) is 1. The molecule has 1 aromatic rings. The third-order valence-corrected chi connectivity index (χ3v) is 4.08. The Balaban J connectivity index is 1.96. The molecule has 1 spiro atoms. The first-order chi connectivity index (χ1) is 9.12. The summed E-state index contributed by atoms with van der Waals surface area (Å²) in [7, 11) is 0. The van der Waals surface area contributed by atoms with Crippen LogP contribution in [0.1, 0.15) is 25.7 Å². The van der Waals surface area contributed by atoms with Gasteiger partial charge in [-0.1, -0.05) is 12.8 Å².